The zero-order chi connectivity index (χ0) is 22.3. The molecular weight excluding hydrogens is 520 g/mol. The molecule has 0 radical (unpaired) electrons. The van der Waals surface area contributed by atoms with Gasteiger partial charge in [-0.3, -0.25) is 9.58 Å². The number of halogens is 4. The van der Waals surface area contributed by atoms with Gasteiger partial charge in [0.05, 0.1) is 18.8 Å². The van der Waals surface area contributed by atoms with Crippen LogP contribution in [0.1, 0.15) is 51.1 Å². The summed E-state index contributed by atoms with van der Waals surface area (Å²) in [6, 6.07) is 0. The predicted octanol–water partition coefficient (Wildman–Crippen LogP) is 3.83. The summed E-state index contributed by atoms with van der Waals surface area (Å²) >= 11 is 0. The van der Waals surface area contributed by atoms with Crippen molar-refractivity contribution in [1.29, 1.82) is 0 Å². The molecule has 1 aromatic rings. The van der Waals surface area contributed by atoms with Gasteiger partial charge in [-0.05, 0) is 38.6 Å². The molecule has 0 spiro atoms. The lowest BCUT2D eigenvalue weighted by Crippen LogP contribution is -2.41. The molecule has 1 fully saturated rings. The van der Waals surface area contributed by atoms with E-state index in [0.717, 1.165) is 50.6 Å². The molecule has 1 saturated heterocycles. The first-order valence-electron chi connectivity index (χ1n) is 11.1. The van der Waals surface area contributed by atoms with E-state index in [0.29, 0.717) is 19.6 Å². The van der Waals surface area contributed by atoms with E-state index >= 15 is 0 Å². The van der Waals surface area contributed by atoms with Gasteiger partial charge in [-0.2, -0.15) is 18.3 Å². The molecule has 1 unspecified atom stereocenters. The van der Waals surface area contributed by atoms with E-state index in [1.807, 2.05) is 18.7 Å². The van der Waals surface area contributed by atoms with Crippen molar-refractivity contribution < 1.29 is 13.2 Å². The first kappa shape index (κ1) is 28.0. The van der Waals surface area contributed by atoms with Crippen LogP contribution >= 0.6 is 24.0 Å². The minimum atomic E-state index is -4.15. The Labute approximate surface area is 201 Å². The lowest BCUT2D eigenvalue weighted by atomic mass is 10.1. The fraction of sp³-hybridized carbons (Fsp3) is 0.810. The SMILES string of the molecule is CCNC(=NCc1c(CC)nn(C)c1CC)N1CCC(CN(CC)CC(F)(F)F)C1.I. The summed E-state index contributed by atoms with van der Waals surface area (Å²) < 4.78 is 40.3. The first-order valence-corrected chi connectivity index (χ1v) is 11.1. The van der Waals surface area contributed by atoms with E-state index in [1.165, 1.54) is 16.2 Å². The van der Waals surface area contributed by atoms with E-state index in [2.05, 4.69) is 29.2 Å². The third-order valence-electron chi connectivity index (χ3n) is 5.70. The molecule has 0 aliphatic carbocycles. The number of aryl methyl sites for hydroxylation is 2. The number of rotatable bonds is 9. The van der Waals surface area contributed by atoms with E-state index in [-0.39, 0.29) is 29.9 Å². The molecule has 0 aromatic carbocycles. The molecule has 2 rings (SSSR count). The molecule has 1 aromatic heterocycles. The third-order valence-corrected chi connectivity index (χ3v) is 5.70. The maximum Gasteiger partial charge on any atom is 0.401 e. The highest BCUT2D eigenvalue weighted by Gasteiger charge is 2.33. The quantitative estimate of drug-likeness (QED) is 0.285. The van der Waals surface area contributed by atoms with Crippen molar-refractivity contribution in [2.75, 3.05) is 39.3 Å². The van der Waals surface area contributed by atoms with Gasteiger partial charge in [0.15, 0.2) is 5.96 Å². The van der Waals surface area contributed by atoms with Gasteiger partial charge in [-0.15, -0.1) is 24.0 Å². The Kier molecular flexibility index (Phi) is 11.6. The summed E-state index contributed by atoms with van der Waals surface area (Å²) in [7, 11) is 1.97. The monoisotopic (exact) mass is 558 g/mol. The van der Waals surface area contributed by atoms with Gasteiger partial charge in [-0.25, -0.2) is 4.99 Å². The molecule has 0 amide bonds. The molecular formula is C21H38F3IN6. The topological polar surface area (TPSA) is 48.7 Å². The normalized spacial score (nSPS) is 17.4. The number of likely N-dealkylation sites (tertiary alicyclic amines) is 1. The highest BCUT2D eigenvalue weighted by atomic mass is 127. The van der Waals surface area contributed by atoms with Gasteiger partial charge in [0, 0.05) is 44.5 Å². The number of hydrogen-bond acceptors (Lipinski definition) is 3. The number of nitrogens with zero attached hydrogens (tertiary/aromatic N) is 5. The lowest BCUT2D eigenvalue weighted by Gasteiger charge is -2.26. The van der Waals surface area contributed by atoms with Crippen LogP contribution in [0.4, 0.5) is 13.2 Å². The lowest BCUT2D eigenvalue weighted by molar-refractivity contribution is -0.146. The number of guanidine groups is 1. The Hall–Kier alpha value is -1.04. The Morgan fingerprint density at radius 2 is 1.94 bits per heavy atom. The minimum Gasteiger partial charge on any atom is -0.357 e. The molecule has 0 bridgehead atoms. The van der Waals surface area contributed by atoms with Gasteiger partial charge < -0.3 is 10.2 Å². The van der Waals surface area contributed by atoms with Crippen molar-refractivity contribution in [3.63, 3.8) is 0 Å². The average Bonchev–Trinajstić information content (AvgIpc) is 3.27. The first-order chi connectivity index (χ1) is 14.2. The average molecular weight is 558 g/mol. The van der Waals surface area contributed by atoms with Crippen LogP contribution in [0.5, 0.6) is 0 Å². The fourth-order valence-electron chi connectivity index (χ4n) is 4.25. The van der Waals surface area contributed by atoms with Crippen molar-refractivity contribution in [2.45, 2.75) is 59.7 Å². The Morgan fingerprint density at radius 1 is 1.23 bits per heavy atom. The van der Waals surface area contributed by atoms with Crippen molar-refractivity contribution in [1.82, 2.24) is 24.9 Å². The largest absolute Gasteiger partial charge is 0.401 e. The standard InChI is InChI=1S/C21H37F3N6.HI/c1-6-18-17(19(7-2)28(5)27-18)12-26-20(25-8-3)30-11-10-16(14-30)13-29(9-4)15-21(22,23)24;/h16H,6-15H2,1-5H3,(H,25,26);1H. The molecule has 1 aliphatic rings. The smallest absolute Gasteiger partial charge is 0.357 e. The molecule has 1 atom stereocenters. The van der Waals surface area contributed by atoms with Crippen molar-refractivity contribution >= 4 is 29.9 Å². The van der Waals surface area contributed by atoms with E-state index in [1.54, 1.807) is 6.92 Å². The summed E-state index contributed by atoms with van der Waals surface area (Å²) in [5, 5.41) is 7.98. The molecule has 1 aliphatic heterocycles. The van der Waals surface area contributed by atoms with Crippen LogP contribution in [-0.2, 0) is 26.4 Å². The van der Waals surface area contributed by atoms with Crippen molar-refractivity contribution in [3.8, 4) is 0 Å². The van der Waals surface area contributed by atoms with Gasteiger partial charge in [0.1, 0.15) is 0 Å². The van der Waals surface area contributed by atoms with Crippen LogP contribution in [0.3, 0.4) is 0 Å². The van der Waals surface area contributed by atoms with Crippen LogP contribution in [0.2, 0.25) is 0 Å². The van der Waals surface area contributed by atoms with E-state index in [4.69, 9.17) is 4.99 Å². The molecule has 1 N–H and O–H groups in total. The third kappa shape index (κ3) is 8.11. The van der Waals surface area contributed by atoms with Gasteiger partial charge in [0.25, 0.3) is 0 Å². The Morgan fingerprint density at radius 3 is 2.48 bits per heavy atom. The summed E-state index contributed by atoms with van der Waals surface area (Å²) in [5.41, 5.74) is 3.48. The highest BCUT2D eigenvalue weighted by Crippen LogP contribution is 2.22. The summed E-state index contributed by atoms with van der Waals surface area (Å²) in [6.07, 6.45) is -1.50. The van der Waals surface area contributed by atoms with Gasteiger partial charge in [0.2, 0.25) is 0 Å². The zero-order valence-corrected chi connectivity index (χ0v) is 21.8. The zero-order valence-electron chi connectivity index (χ0n) is 19.4. The number of nitrogens with one attached hydrogen (secondary N) is 1. The molecule has 2 heterocycles. The van der Waals surface area contributed by atoms with Crippen LogP contribution in [0, 0.1) is 5.92 Å². The minimum absolute atomic E-state index is 0. The van der Waals surface area contributed by atoms with Crippen LogP contribution in [-0.4, -0.2) is 71.0 Å². The summed E-state index contributed by atoms with van der Waals surface area (Å²) in [5.74, 6) is 1.05. The van der Waals surface area contributed by atoms with Crippen molar-refractivity contribution in [3.05, 3.63) is 17.0 Å². The fourth-order valence-corrected chi connectivity index (χ4v) is 4.25. The molecule has 180 valence electrons. The second kappa shape index (κ2) is 12.9. The predicted molar refractivity (Wildman–Crippen MR) is 130 cm³/mol. The van der Waals surface area contributed by atoms with E-state index in [9.17, 15) is 13.2 Å². The van der Waals surface area contributed by atoms with Crippen LogP contribution in [0.25, 0.3) is 0 Å². The van der Waals surface area contributed by atoms with Gasteiger partial charge >= 0.3 is 6.18 Å². The number of aliphatic imine (C=N–C) groups is 1. The maximum absolute atomic E-state index is 12.8. The molecule has 6 nitrogen and oxygen atoms in total. The summed E-state index contributed by atoms with van der Waals surface area (Å²) in [4.78, 5) is 8.55. The van der Waals surface area contributed by atoms with Crippen LogP contribution in [0.15, 0.2) is 4.99 Å². The second-order valence-corrected chi connectivity index (χ2v) is 7.92. The van der Waals surface area contributed by atoms with Crippen molar-refractivity contribution in [2.24, 2.45) is 18.0 Å². The highest BCUT2D eigenvalue weighted by molar-refractivity contribution is 14.0. The maximum atomic E-state index is 12.8. The Bertz CT molecular complexity index is 704. The van der Waals surface area contributed by atoms with E-state index < -0.39 is 12.7 Å². The number of hydrogen-bond donors (Lipinski definition) is 1. The Balaban J connectivity index is 0.00000480. The molecule has 0 saturated carbocycles. The molecule has 31 heavy (non-hydrogen) atoms. The summed E-state index contributed by atoms with van der Waals surface area (Å²) in [6.45, 7) is 10.9. The number of alkyl halides is 3. The second-order valence-electron chi connectivity index (χ2n) is 7.92. The van der Waals surface area contributed by atoms with Gasteiger partial charge in [-0.1, -0.05) is 20.8 Å². The number of aromatic nitrogens is 2. The van der Waals surface area contributed by atoms with Crippen LogP contribution < -0.4 is 5.32 Å². The molecule has 10 heteroatoms.